The summed E-state index contributed by atoms with van der Waals surface area (Å²) in [6, 6.07) is 6.80. The molecule has 0 amide bonds. The quantitative estimate of drug-likeness (QED) is 0.879. The van der Waals surface area contributed by atoms with E-state index in [9.17, 15) is 13.2 Å². The number of anilines is 1. The van der Waals surface area contributed by atoms with Gasteiger partial charge in [-0.1, -0.05) is 0 Å². The Morgan fingerprint density at radius 3 is 2.68 bits per heavy atom. The van der Waals surface area contributed by atoms with Crippen LogP contribution < -0.4 is 10.1 Å². The van der Waals surface area contributed by atoms with Crippen LogP contribution >= 0.6 is 0 Å². The summed E-state index contributed by atoms with van der Waals surface area (Å²) < 4.78 is 40.3. The van der Waals surface area contributed by atoms with Gasteiger partial charge in [-0.05, 0) is 18.2 Å². The maximum atomic E-state index is 11.9. The molecule has 0 aliphatic heterocycles. The molecule has 102 valence electrons. The SMILES string of the molecule is FC(F)(F)COc1ccc(NCc2ccc[nH]2)cn1. The molecule has 2 heterocycles. The molecule has 0 aromatic carbocycles. The number of aromatic amines is 1. The van der Waals surface area contributed by atoms with Crippen LogP contribution in [0.1, 0.15) is 5.69 Å². The van der Waals surface area contributed by atoms with Gasteiger partial charge in [0.05, 0.1) is 18.4 Å². The van der Waals surface area contributed by atoms with Crippen molar-refractivity contribution in [2.45, 2.75) is 12.7 Å². The van der Waals surface area contributed by atoms with Gasteiger partial charge in [-0.15, -0.1) is 0 Å². The molecule has 0 bridgehead atoms. The number of alkyl halides is 3. The van der Waals surface area contributed by atoms with E-state index >= 15 is 0 Å². The van der Waals surface area contributed by atoms with Gasteiger partial charge in [-0.2, -0.15) is 13.2 Å². The normalized spacial score (nSPS) is 11.3. The zero-order valence-electron chi connectivity index (χ0n) is 9.87. The Labute approximate surface area is 107 Å². The monoisotopic (exact) mass is 271 g/mol. The van der Waals surface area contributed by atoms with E-state index in [0.29, 0.717) is 12.2 Å². The van der Waals surface area contributed by atoms with Crippen molar-refractivity contribution in [2.75, 3.05) is 11.9 Å². The standard InChI is InChI=1S/C12H12F3N3O/c13-12(14,15)8-19-11-4-3-10(7-18-11)17-6-9-2-1-5-16-9/h1-5,7,16-17H,6,8H2. The molecule has 0 aliphatic carbocycles. The number of pyridine rings is 1. The summed E-state index contributed by atoms with van der Waals surface area (Å²) in [4.78, 5) is 6.81. The Balaban J connectivity index is 1.84. The first kappa shape index (κ1) is 13.3. The Bertz CT molecular complexity index is 494. The van der Waals surface area contributed by atoms with Crippen molar-refractivity contribution in [2.24, 2.45) is 0 Å². The summed E-state index contributed by atoms with van der Waals surface area (Å²) >= 11 is 0. The van der Waals surface area contributed by atoms with Gasteiger partial charge in [0.2, 0.25) is 5.88 Å². The van der Waals surface area contributed by atoms with E-state index in [-0.39, 0.29) is 5.88 Å². The minimum atomic E-state index is -4.35. The molecular formula is C12H12F3N3O. The molecule has 0 radical (unpaired) electrons. The van der Waals surface area contributed by atoms with Crippen LogP contribution in [0.5, 0.6) is 5.88 Å². The predicted octanol–water partition coefficient (Wildman–Crippen LogP) is 2.96. The first-order valence-electron chi connectivity index (χ1n) is 5.55. The van der Waals surface area contributed by atoms with Crippen molar-refractivity contribution in [3.05, 3.63) is 42.4 Å². The van der Waals surface area contributed by atoms with E-state index in [1.165, 1.54) is 12.3 Å². The maximum Gasteiger partial charge on any atom is 0.422 e. The average Bonchev–Trinajstić information content (AvgIpc) is 2.87. The van der Waals surface area contributed by atoms with E-state index in [0.717, 1.165) is 5.69 Å². The van der Waals surface area contributed by atoms with Crippen molar-refractivity contribution in [1.29, 1.82) is 0 Å². The summed E-state index contributed by atoms with van der Waals surface area (Å²) in [6.45, 7) is -0.757. The fourth-order valence-corrected chi connectivity index (χ4v) is 1.40. The molecule has 0 unspecified atom stereocenters. The Hall–Kier alpha value is -2.18. The van der Waals surface area contributed by atoms with Gasteiger partial charge in [0, 0.05) is 18.0 Å². The fourth-order valence-electron chi connectivity index (χ4n) is 1.40. The topological polar surface area (TPSA) is 49.9 Å². The molecule has 0 fully saturated rings. The predicted molar refractivity (Wildman–Crippen MR) is 63.9 cm³/mol. The Morgan fingerprint density at radius 2 is 2.11 bits per heavy atom. The van der Waals surface area contributed by atoms with Crippen molar-refractivity contribution < 1.29 is 17.9 Å². The summed E-state index contributed by atoms with van der Waals surface area (Å²) in [5, 5.41) is 3.08. The third-order valence-electron chi connectivity index (χ3n) is 2.27. The lowest BCUT2D eigenvalue weighted by Gasteiger charge is -2.09. The smallest absolute Gasteiger partial charge is 0.422 e. The molecule has 0 spiro atoms. The van der Waals surface area contributed by atoms with Gasteiger partial charge in [0.15, 0.2) is 6.61 Å². The van der Waals surface area contributed by atoms with E-state index < -0.39 is 12.8 Å². The highest BCUT2D eigenvalue weighted by Gasteiger charge is 2.28. The van der Waals surface area contributed by atoms with Crippen LogP contribution in [-0.4, -0.2) is 22.8 Å². The van der Waals surface area contributed by atoms with Gasteiger partial charge in [-0.25, -0.2) is 4.98 Å². The number of rotatable bonds is 5. The molecule has 19 heavy (non-hydrogen) atoms. The van der Waals surface area contributed by atoms with Crippen LogP contribution in [-0.2, 0) is 6.54 Å². The number of ether oxygens (including phenoxy) is 1. The first-order valence-corrected chi connectivity index (χ1v) is 5.55. The molecule has 4 nitrogen and oxygen atoms in total. The Kier molecular flexibility index (Phi) is 3.94. The second-order valence-electron chi connectivity index (χ2n) is 3.84. The van der Waals surface area contributed by atoms with E-state index in [4.69, 9.17) is 0 Å². The van der Waals surface area contributed by atoms with E-state index in [2.05, 4.69) is 20.0 Å². The van der Waals surface area contributed by atoms with Crippen molar-refractivity contribution in [3.63, 3.8) is 0 Å². The van der Waals surface area contributed by atoms with Crippen LogP contribution in [0, 0.1) is 0 Å². The Morgan fingerprint density at radius 1 is 1.26 bits per heavy atom. The second kappa shape index (κ2) is 5.64. The lowest BCUT2D eigenvalue weighted by molar-refractivity contribution is -0.154. The molecule has 0 aliphatic rings. The number of hydrogen-bond acceptors (Lipinski definition) is 3. The van der Waals surface area contributed by atoms with E-state index in [1.54, 1.807) is 6.07 Å². The fraction of sp³-hybridized carbons (Fsp3) is 0.250. The van der Waals surface area contributed by atoms with Crippen LogP contribution in [0.25, 0.3) is 0 Å². The van der Waals surface area contributed by atoms with Gasteiger partial charge in [0.1, 0.15) is 0 Å². The van der Waals surface area contributed by atoms with Crippen LogP contribution in [0.15, 0.2) is 36.7 Å². The average molecular weight is 271 g/mol. The zero-order chi connectivity index (χ0) is 13.7. The number of hydrogen-bond donors (Lipinski definition) is 2. The molecule has 0 saturated carbocycles. The molecule has 7 heteroatoms. The molecule has 0 saturated heterocycles. The van der Waals surface area contributed by atoms with Crippen molar-refractivity contribution in [1.82, 2.24) is 9.97 Å². The highest BCUT2D eigenvalue weighted by atomic mass is 19.4. The highest BCUT2D eigenvalue weighted by Crippen LogP contribution is 2.18. The lowest BCUT2D eigenvalue weighted by atomic mass is 10.3. The van der Waals surface area contributed by atoms with Gasteiger partial charge >= 0.3 is 6.18 Å². The molecule has 2 N–H and O–H groups in total. The molecule has 2 rings (SSSR count). The van der Waals surface area contributed by atoms with Crippen LogP contribution in [0.2, 0.25) is 0 Å². The number of halogens is 3. The number of nitrogens with one attached hydrogen (secondary N) is 2. The first-order chi connectivity index (χ1) is 9.03. The van der Waals surface area contributed by atoms with Crippen molar-refractivity contribution in [3.8, 4) is 5.88 Å². The van der Waals surface area contributed by atoms with Crippen molar-refractivity contribution >= 4 is 5.69 Å². The molecular weight excluding hydrogens is 259 g/mol. The summed E-state index contributed by atoms with van der Waals surface area (Å²) in [5.41, 5.74) is 1.70. The number of H-pyrrole nitrogens is 1. The summed E-state index contributed by atoms with van der Waals surface area (Å²) in [5.74, 6) is -0.0530. The van der Waals surface area contributed by atoms with Crippen LogP contribution in [0.3, 0.4) is 0 Å². The van der Waals surface area contributed by atoms with Crippen LogP contribution in [0.4, 0.5) is 18.9 Å². The van der Waals surface area contributed by atoms with Gasteiger partial charge < -0.3 is 15.0 Å². The summed E-state index contributed by atoms with van der Waals surface area (Å²) in [7, 11) is 0. The zero-order valence-corrected chi connectivity index (χ0v) is 9.87. The second-order valence-corrected chi connectivity index (χ2v) is 3.84. The molecule has 2 aromatic rings. The highest BCUT2D eigenvalue weighted by molar-refractivity contribution is 5.42. The van der Waals surface area contributed by atoms with Gasteiger partial charge in [-0.3, -0.25) is 0 Å². The molecule has 2 aromatic heterocycles. The number of aromatic nitrogens is 2. The van der Waals surface area contributed by atoms with Gasteiger partial charge in [0.25, 0.3) is 0 Å². The minimum absolute atomic E-state index is 0.0530. The van der Waals surface area contributed by atoms with E-state index in [1.807, 2.05) is 18.3 Å². The third kappa shape index (κ3) is 4.53. The lowest BCUT2D eigenvalue weighted by Crippen LogP contribution is -2.19. The maximum absolute atomic E-state index is 11.9. The minimum Gasteiger partial charge on any atom is -0.468 e. The number of nitrogens with zero attached hydrogens (tertiary/aromatic N) is 1. The summed E-state index contributed by atoms with van der Waals surface area (Å²) in [6.07, 6.45) is -1.12. The molecule has 0 atom stereocenters. The third-order valence-corrected chi connectivity index (χ3v) is 2.27. The largest absolute Gasteiger partial charge is 0.468 e.